The molecule has 4 heteroatoms. The molecule has 1 unspecified atom stereocenters. The second-order valence-electron chi connectivity index (χ2n) is 4.23. The number of hydrogen-bond acceptors (Lipinski definition) is 3. The van der Waals surface area contributed by atoms with Crippen molar-refractivity contribution in [3.8, 4) is 0 Å². The van der Waals surface area contributed by atoms with Crippen LogP contribution in [0.4, 0.5) is 4.39 Å². The number of halogens is 1. The Morgan fingerprint density at radius 2 is 2.17 bits per heavy atom. The number of thiazole rings is 1. The topological polar surface area (TPSA) is 24.9 Å². The average Bonchev–Trinajstić information content (AvgIpc) is 2.78. The minimum absolute atomic E-state index is 0.0374. The highest BCUT2D eigenvalue weighted by Gasteiger charge is 2.13. The molecule has 18 heavy (non-hydrogen) atoms. The summed E-state index contributed by atoms with van der Waals surface area (Å²) in [7, 11) is 0. The van der Waals surface area contributed by atoms with Gasteiger partial charge in [0, 0.05) is 29.2 Å². The van der Waals surface area contributed by atoms with Crippen molar-refractivity contribution in [1.82, 2.24) is 10.3 Å². The Bertz CT molecular complexity index is 510. The summed E-state index contributed by atoms with van der Waals surface area (Å²) in [6, 6.07) is 6.97. The second kappa shape index (κ2) is 6.07. The molecule has 0 radical (unpaired) electrons. The molecule has 1 aromatic carbocycles. The average molecular weight is 264 g/mol. The van der Waals surface area contributed by atoms with E-state index in [9.17, 15) is 4.39 Å². The van der Waals surface area contributed by atoms with Crippen LogP contribution in [0, 0.1) is 12.7 Å². The fourth-order valence-corrected chi connectivity index (χ4v) is 2.66. The van der Waals surface area contributed by atoms with E-state index in [0.29, 0.717) is 6.54 Å². The lowest BCUT2D eigenvalue weighted by atomic mass is 10.0. The number of rotatable bonds is 5. The highest BCUT2D eigenvalue weighted by Crippen LogP contribution is 2.21. The zero-order valence-corrected chi connectivity index (χ0v) is 11.4. The summed E-state index contributed by atoms with van der Waals surface area (Å²) in [6.07, 6.45) is 2.72. The van der Waals surface area contributed by atoms with Gasteiger partial charge in [0.05, 0.1) is 0 Å². The first-order chi connectivity index (χ1) is 8.70. The minimum Gasteiger partial charge on any atom is -0.303 e. The monoisotopic (exact) mass is 264 g/mol. The van der Waals surface area contributed by atoms with Crippen molar-refractivity contribution in [1.29, 1.82) is 0 Å². The third kappa shape index (κ3) is 3.15. The quantitative estimate of drug-likeness (QED) is 0.887. The van der Waals surface area contributed by atoms with E-state index in [1.807, 2.05) is 25.3 Å². The Hall–Kier alpha value is -1.26. The fourth-order valence-electron chi connectivity index (χ4n) is 1.93. The van der Waals surface area contributed by atoms with Gasteiger partial charge in [0.2, 0.25) is 0 Å². The van der Waals surface area contributed by atoms with E-state index in [4.69, 9.17) is 0 Å². The fraction of sp³-hybridized carbons (Fsp3) is 0.357. The van der Waals surface area contributed by atoms with Gasteiger partial charge in [-0.3, -0.25) is 0 Å². The molecule has 0 saturated carbocycles. The van der Waals surface area contributed by atoms with Crippen molar-refractivity contribution in [2.75, 3.05) is 0 Å². The first-order valence-corrected chi connectivity index (χ1v) is 6.91. The molecule has 1 atom stereocenters. The van der Waals surface area contributed by atoms with Gasteiger partial charge in [-0.15, -0.1) is 11.3 Å². The third-order valence-corrected chi connectivity index (χ3v) is 3.77. The van der Waals surface area contributed by atoms with Crippen molar-refractivity contribution >= 4 is 11.3 Å². The lowest BCUT2D eigenvalue weighted by Crippen LogP contribution is -2.21. The lowest BCUT2D eigenvalue weighted by Gasteiger charge is -2.17. The first kappa shape index (κ1) is 13.2. The smallest absolute Gasteiger partial charge is 0.127 e. The number of hydrogen-bond donors (Lipinski definition) is 1. The molecule has 1 heterocycles. The maximum atomic E-state index is 13.7. The van der Waals surface area contributed by atoms with Crippen LogP contribution in [0.25, 0.3) is 0 Å². The van der Waals surface area contributed by atoms with Crippen molar-refractivity contribution in [2.45, 2.75) is 32.9 Å². The molecular formula is C14H17FN2S. The molecule has 1 aromatic heterocycles. The molecule has 0 aliphatic carbocycles. The van der Waals surface area contributed by atoms with Crippen LogP contribution in [-0.4, -0.2) is 4.98 Å². The third-order valence-electron chi connectivity index (χ3n) is 2.86. The number of nitrogens with zero attached hydrogens (tertiary/aromatic N) is 1. The van der Waals surface area contributed by atoms with Crippen LogP contribution >= 0.6 is 11.3 Å². The lowest BCUT2D eigenvalue weighted by molar-refractivity contribution is 0.487. The van der Waals surface area contributed by atoms with E-state index in [0.717, 1.165) is 17.0 Å². The molecule has 2 rings (SSSR count). The zero-order chi connectivity index (χ0) is 13.0. The van der Waals surface area contributed by atoms with E-state index in [1.54, 1.807) is 17.4 Å². The van der Waals surface area contributed by atoms with Gasteiger partial charge in [0.15, 0.2) is 0 Å². The van der Waals surface area contributed by atoms with E-state index < -0.39 is 0 Å². The molecule has 1 N–H and O–H groups in total. The SMILES string of the molecule is CCC(NCc1ncc(C)s1)c1ccccc1F. The summed E-state index contributed by atoms with van der Waals surface area (Å²) < 4.78 is 13.7. The predicted molar refractivity (Wildman–Crippen MR) is 73.1 cm³/mol. The zero-order valence-electron chi connectivity index (χ0n) is 10.6. The van der Waals surface area contributed by atoms with Crippen LogP contribution in [0.5, 0.6) is 0 Å². The largest absolute Gasteiger partial charge is 0.303 e. The van der Waals surface area contributed by atoms with Crippen LogP contribution in [0.3, 0.4) is 0 Å². The van der Waals surface area contributed by atoms with E-state index in [2.05, 4.69) is 17.2 Å². The van der Waals surface area contributed by atoms with Crippen LogP contribution in [0.2, 0.25) is 0 Å². The molecule has 0 fully saturated rings. The van der Waals surface area contributed by atoms with Gasteiger partial charge < -0.3 is 5.32 Å². The van der Waals surface area contributed by atoms with Gasteiger partial charge >= 0.3 is 0 Å². The summed E-state index contributed by atoms with van der Waals surface area (Å²) in [5.74, 6) is -0.146. The number of aryl methyl sites for hydroxylation is 1. The molecule has 0 saturated heterocycles. The van der Waals surface area contributed by atoms with E-state index in [1.165, 1.54) is 10.9 Å². The summed E-state index contributed by atoms with van der Waals surface area (Å²) >= 11 is 1.67. The van der Waals surface area contributed by atoms with Gasteiger partial charge in [0.25, 0.3) is 0 Å². The molecule has 0 aliphatic rings. The summed E-state index contributed by atoms with van der Waals surface area (Å²) in [5.41, 5.74) is 0.730. The van der Waals surface area contributed by atoms with Crippen LogP contribution < -0.4 is 5.32 Å². The molecule has 0 spiro atoms. The van der Waals surface area contributed by atoms with Crippen molar-refractivity contribution < 1.29 is 4.39 Å². The maximum Gasteiger partial charge on any atom is 0.127 e. The standard InChI is InChI=1S/C14H17FN2S/c1-3-13(11-6-4-5-7-12(11)15)16-9-14-17-8-10(2)18-14/h4-8,13,16H,3,9H2,1-2H3. The Morgan fingerprint density at radius 3 is 2.78 bits per heavy atom. The van der Waals surface area contributed by atoms with Gasteiger partial charge in [-0.05, 0) is 19.4 Å². The van der Waals surface area contributed by atoms with E-state index in [-0.39, 0.29) is 11.9 Å². The summed E-state index contributed by atoms with van der Waals surface area (Å²) in [6.45, 7) is 4.78. The predicted octanol–water partition coefficient (Wildman–Crippen LogP) is 3.83. The summed E-state index contributed by atoms with van der Waals surface area (Å²) in [5, 5.41) is 4.41. The molecular weight excluding hydrogens is 247 g/mol. The van der Waals surface area contributed by atoms with Crippen molar-refractivity contribution in [3.63, 3.8) is 0 Å². The molecule has 2 nitrogen and oxygen atoms in total. The second-order valence-corrected chi connectivity index (χ2v) is 5.55. The number of benzene rings is 1. The Kier molecular flexibility index (Phi) is 4.44. The molecule has 96 valence electrons. The Labute approximate surface area is 111 Å². The van der Waals surface area contributed by atoms with Gasteiger partial charge in [0.1, 0.15) is 10.8 Å². The molecule has 0 aliphatic heterocycles. The number of nitrogens with one attached hydrogen (secondary N) is 1. The van der Waals surface area contributed by atoms with Crippen molar-refractivity contribution in [3.05, 3.63) is 51.7 Å². The van der Waals surface area contributed by atoms with Crippen LogP contribution in [-0.2, 0) is 6.54 Å². The molecule has 2 aromatic rings. The van der Waals surface area contributed by atoms with Gasteiger partial charge in [-0.2, -0.15) is 0 Å². The Balaban J connectivity index is 2.04. The number of aromatic nitrogens is 1. The first-order valence-electron chi connectivity index (χ1n) is 6.09. The highest BCUT2D eigenvalue weighted by atomic mass is 32.1. The maximum absolute atomic E-state index is 13.7. The van der Waals surface area contributed by atoms with Gasteiger partial charge in [-0.1, -0.05) is 25.1 Å². The normalized spacial score (nSPS) is 12.6. The van der Waals surface area contributed by atoms with Crippen LogP contribution in [0.1, 0.15) is 34.8 Å². The molecule has 0 amide bonds. The van der Waals surface area contributed by atoms with Crippen LogP contribution in [0.15, 0.2) is 30.5 Å². The minimum atomic E-state index is -0.146. The highest BCUT2D eigenvalue weighted by molar-refractivity contribution is 7.11. The Morgan fingerprint density at radius 1 is 1.39 bits per heavy atom. The molecule has 0 bridgehead atoms. The van der Waals surface area contributed by atoms with Gasteiger partial charge in [-0.25, -0.2) is 9.37 Å². The van der Waals surface area contributed by atoms with E-state index >= 15 is 0 Å². The summed E-state index contributed by atoms with van der Waals surface area (Å²) in [4.78, 5) is 5.50. The van der Waals surface area contributed by atoms with Crippen molar-refractivity contribution in [2.24, 2.45) is 0 Å².